The van der Waals surface area contributed by atoms with E-state index in [-0.39, 0.29) is 5.91 Å². The highest BCUT2D eigenvalue weighted by molar-refractivity contribution is 5.86. The van der Waals surface area contributed by atoms with E-state index in [1.807, 2.05) is 0 Å². The van der Waals surface area contributed by atoms with Crippen LogP contribution >= 0.6 is 0 Å². The number of hydrogen-bond acceptors (Lipinski definition) is 3. The molecule has 0 radical (unpaired) electrons. The molecule has 0 saturated heterocycles. The number of carbonyl (C=O) groups excluding carboxylic acids is 2. The highest BCUT2D eigenvalue weighted by Crippen LogP contribution is 1.91. The molecule has 0 fully saturated rings. The third kappa shape index (κ3) is 3.99. The quantitative estimate of drug-likeness (QED) is 0.522. The van der Waals surface area contributed by atoms with Crippen molar-refractivity contribution in [2.24, 2.45) is 5.73 Å². The molecule has 1 atom stereocenters. The molecule has 1 unspecified atom stereocenters. The van der Waals surface area contributed by atoms with Crippen molar-refractivity contribution in [2.75, 3.05) is 6.54 Å². The molecule has 0 bridgehead atoms. The van der Waals surface area contributed by atoms with Gasteiger partial charge < -0.3 is 21.4 Å². The molecule has 0 aromatic carbocycles. The summed E-state index contributed by atoms with van der Waals surface area (Å²) in [7, 11) is 0. The van der Waals surface area contributed by atoms with Gasteiger partial charge in [-0.1, -0.05) is 0 Å². The van der Waals surface area contributed by atoms with E-state index in [4.69, 9.17) is 5.73 Å². The first-order valence-corrected chi connectivity index (χ1v) is 4.90. The van der Waals surface area contributed by atoms with Crippen LogP contribution in [0, 0.1) is 0 Å². The number of rotatable bonds is 5. The fourth-order valence-electron chi connectivity index (χ4n) is 1.17. The Kier molecular flexibility index (Phi) is 4.31. The van der Waals surface area contributed by atoms with Gasteiger partial charge in [0.05, 0.1) is 6.33 Å². The van der Waals surface area contributed by atoms with Crippen molar-refractivity contribution in [1.82, 2.24) is 20.6 Å². The van der Waals surface area contributed by atoms with E-state index < -0.39 is 12.1 Å². The SMILES string of the molecule is CC(NC(N)=O)C(=O)NCCc1cnc[nH]1. The third-order valence-corrected chi connectivity index (χ3v) is 2.00. The Morgan fingerprint density at radius 2 is 2.38 bits per heavy atom. The summed E-state index contributed by atoms with van der Waals surface area (Å²) in [5.41, 5.74) is 5.83. The van der Waals surface area contributed by atoms with E-state index in [1.54, 1.807) is 19.4 Å². The predicted octanol–water partition coefficient (Wildman–Crippen LogP) is -0.875. The van der Waals surface area contributed by atoms with Crippen LogP contribution in [0.4, 0.5) is 4.79 Å². The molecule has 1 aromatic heterocycles. The zero-order valence-electron chi connectivity index (χ0n) is 8.99. The van der Waals surface area contributed by atoms with Crippen LogP contribution in [0.5, 0.6) is 0 Å². The van der Waals surface area contributed by atoms with Gasteiger partial charge >= 0.3 is 6.03 Å². The van der Waals surface area contributed by atoms with Gasteiger partial charge in [0.25, 0.3) is 0 Å². The molecular weight excluding hydrogens is 210 g/mol. The molecule has 0 aliphatic carbocycles. The number of hydrogen-bond donors (Lipinski definition) is 4. The number of nitrogens with zero attached hydrogens (tertiary/aromatic N) is 1. The minimum absolute atomic E-state index is 0.265. The number of carbonyl (C=O) groups is 2. The zero-order chi connectivity index (χ0) is 12.0. The van der Waals surface area contributed by atoms with Crippen LogP contribution in [0.3, 0.4) is 0 Å². The van der Waals surface area contributed by atoms with Gasteiger partial charge in [-0.3, -0.25) is 4.79 Å². The number of primary amides is 1. The van der Waals surface area contributed by atoms with Crippen molar-refractivity contribution in [3.63, 3.8) is 0 Å². The number of H-pyrrole nitrogens is 1. The number of urea groups is 1. The fraction of sp³-hybridized carbons (Fsp3) is 0.444. The monoisotopic (exact) mass is 225 g/mol. The lowest BCUT2D eigenvalue weighted by Crippen LogP contribution is -2.47. The average Bonchev–Trinajstić information content (AvgIpc) is 2.69. The van der Waals surface area contributed by atoms with Gasteiger partial charge in [-0.05, 0) is 6.92 Å². The molecule has 1 rings (SSSR count). The molecule has 1 heterocycles. The second kappa shape index (κ2) is 5.74. The molecule has 1 aromatic rings. The molecule has 7 nitrogen and oxygen atoms in total. The summed E-state index contributed by atoms with van der Waals surface area (Å²) in [6.45, 7) is 2.04. The number of aromatic nitrogens is 2. The Hall–Kier alpha value is -2.05. The lowest BCUT2D eigenvalue weighted by molar-refractivity contribution is -0.122. The van der Waals surface area contributed by atoms with Crippen LogP contribution in [0.1, 0.15) is 12.6 Å². The maximum Gasteiger partial charge on any atom is 0.312 e. The first kappa shape index (κ1) is 12.0. The zero-order valence-corrected chi connectivity index (χ0v) is 8.99. The van der Waals surface area contributed by atoms with E-state index in [0.717, 1.165) is 5.69 Å². The van der Waals surface area contributed by atoms with Crippen molar-refractivity contribution < 1.29 is 9.59 Å². The summed E-state index contributed by atoms with van der Waals surface area (Å²) >= 11 is 0. The van der Waals surface area contributed by atoms with Crippen molar-refractivity contribution in [2.45, 2.75) is 19.4 Å². The van der Waals surface area contributed by atoms with Crippen molar-refractivity contribution in [3.05, 3.63) is 18.2 Å². The molecule has 5 N–H and O–H groups in total. The summed E-state index contributed by atoms with van der Waals surface area (Å²) < 4.78 is 0. The Bertz CT molecular complexity index is 349. The largest absolute Gasteiger partial charge is 0.354 e. The predicted molar refractivity (Wildman–Crippen MR) is 57.5 cm³/mol. The van der Waals surface area contributed by atoms with Gasteiger partial charge in [0.1, 0.15) is 6.04 Å². The highest BCUT2D eigenvalue weighted by atomic mass is 16.2. The molecule has 0 saturated carbocycles. The standard InChI is InChI=1S/C9H15N5O2/c1-6(14-9(10)16)8(15)12-3-2-7-4-11-5-13-7/h4-6H,2-3H2,1H3,(H,11,13)(H,12,15)(H3,10,14,16). The number of amides is 3. The van der Waals surface area contributed by atoms with E-state index in [9.17, 15) is 9.59 Å². The second-order valence-electron chi connectivity index (χ2n) is 3.35. The Morgan fingerprint density at radius 1 is 1.62 bits per heavy atom. The topological polar surface area (TPSA) is 113 Å². The normalized spacial score (nSPS) is 11.8. The summed E-state index contributed by atoms with van der Waals surface area (Å²) in [5, 5.41) is 4.96. The average molecular weight is 225 g/mol. The summed E-state index contributed by atoms with van der Waals surface area (Å²) in [5.74, 6) is -0.265. The molecule has 7 heteroatoms. The van der Waals surface area contributed by atoms with Crippen LogP contribution in [0.25, 0.3) is 0 Å². The minimum atomic E-state index is -0.712. The minimum Gasteiger partial charge on any atom is -0.354 e. The Morgan fingerprint density at radius 3 is 2.94 bits per heavy atom. The van der Waals surface area contributed by atoms with Crippen LogP contribution in [-0.2, 0) is 11.2 Å². The van der Waals surface area contributed by atoms with Gasteiger partial charge in [0.2, 0.25) is 5.91 Å². The first-order valence-electron chi connectivity index (χ1n) is 4.90. The van der Waals surface area contributed by atoms with Crippen LogP contribution in [-0.4, -0.2) is 34.5 Å². The molecule has 0 spiro atoms. The molecule has 3 amide bonds. The summed E-state index contributed by atoms with van der Waals surface area (Å²) in [6, 6.07) is -1.34. The first-order chi connectivity index (χ1) is 7.59. The van der Waals surface area contributed by atoms with Crippen LogP contribution in [0.15, 0.2) is 12.5 Å². The number of nitrogens with two attached hydrogens (primary N) is 1. The number of nitrogens with one attached hydrogen (secondary N) is 3. The summed E-state index contributed by atoms with van der Waals surface area (Å²) in [4.78, 5) is 28.7. The third-order valence-electron chi connectivity index (χ3n) is 2.00. The lowest BCUT2D eigenvalue weighted by atomic mass is 10.3. The van der Waals surface area contributed by atoms with E-state index in [2.05, 4.69) is 20.6 Å². The molecule has 16 heavy (non-hydrogen) atoms. The molecule has 88 valence electrons. The van der Waals surface area contributed by atoms with E-state index >= 15 is 0 Å². The van der Waals surface area contributed by atoms with Crippen molar-refractivity contribution in [1.29, 1.82) is 0 Å². The van der Waals surface area contributed by atoms with E-state index in [0.29, 0.717) is 13.0 Å². The summed E-state index contributed by atoms with van der Waals surface area (Å²) in [6.07, 6.45) is 3.93. The van der Waals surface area contributed by atoms with Gasteiger partial charge in [-0.2, -0.15) is 0 Å². The maximum absolute atomic E-state index is 11.4. The van der Waals surface area contributed by atoms with Gasteiger partial charge in [0.15, 0.2) is 0 Å². The second-order valence-corrected chi connectivity index (χ2v) is 3.35. The van der Waals surface area contributed by atoms with E-state index in [1.165, 1.54) is 0 Å². The van der Waals surface area contributed by atoms with Crippen molar-refractivity contribution in [3.8, 4) is 0 Å². The van der Waals surface area contributed by atoms with Gasteiger partial charge in [-0.15, -0.1) is 0 Å². The van der Waals surface area contributed by atoms with Crippen LogP contribution < -0.4 is 16.4 Å². The number of imidazole rings is 1. The van der Waals surface area contributed by atoms with Gasteiger partial charge in [0, 0.05) is 24.9 Å². The van der Waals surface area contributed by atoms with Gasteiger partial charge in [-0.25, -0.2) is 9.78 Å². The smallest absolute Gasteiger partial charge is 0.312 e. The fourth-order valence-corrected chi connectivity index (χ4v) is 1.17. The van der Waals surface area contributed by atoms with Crippen molar-refractivity contribution >= 4 is 11.9 Å². The Balaban J connectivity index is 2.22. The molecular formula is C9H15N5O2. The lowest BCUT2D eigenvalue weighted by Gasteiger charge is -2.11. The van der Waals surface area contributed by atoms with Crippen LogP contribution in [0.2, 0.25) is 0 Å². The maximum atomic E-state index is 11.4. The molecule has 0 aliphatic heterocycles. The Labute approximate surface area is 92.8 Å². The molecule has 0 aliphatic rings. The highest BCUT2D eigenvalue weighted by Gasteiger charge is 2.12. The number of aromatic amines is 1.